The van der Waals surface area contributed by atoms with Crippen LogP contribution in [0.4, 0.5) is 0 Å². The molecule has 162 valence electrons. The summed E-state index contributed by atoms with van der Waals surface area (Å²) in [5, 5.41) is 11.3. The van der Waals surface area contributed by atoms with Crippen LogP contribution in [0.25, 0.3) is 22.5 Å². The van der Waals surface area contributed by atoms with Crippen molar-refractivity contribution in [3.05, 3.63) is 53.8 Å². The van der Waals surface area contributed by atoms with Crippen LogP contribution < -0.4 is 15.4 Å². The zero-order chi connectivity index (χ0) is 21.5. The van der Waals surface area contributed by atoms with E-state index in [-0.39, 0.29) is 6.17 Å². The molecule has 1 saturated heterocycles. The van der Waals surface area contributed by atoms with Crippen LogP contribution in [0.5, 0.6) is 5.75 Å². The van der Waals surface area contributed by atoms with Gasteiger partial charge in [-0.2, -0.15) is 0 Å². The van der Waals surface area contributed by atoms with Crippen LogP contribution in [-0.2, 0) is 0 Å². The fraction of sp³-hybridized carbons (Fsp3) is 0.391. The van der Waals surface area contributed by atoms with Gasteiger partial charge in [0.25, 0.3) is 0 Å². The SMILES string of the molecule is COc1cc2ncc(C3=CC=CC(NC4CCNC4)N3C)n2cc1-c1c(C)noc1C. The van der Waals surface area contributed by atoms with Gasteiger partial charge in [-0.05, 0) is 39.0 Å². The summed E-state index contributed by atoms with van der Waals surface area (Å²) < 4.78 is 13.2. The zero-order valence-electron chi connectivity index (χ0n) is 18.3. The number of nitrogens with one attached hydrogen (secondary N) is 2. The van der Waals surface area contributed by atoms with Crippen molar-refractivity contribution in [3.63, 3.8) is 0 Å². The minimum atomic E-state index is 0.135. The Balaban J connectivity index is 1.55. The Morgan fingerprint density at radius 3 is 2.90 bits per heavy atom. The van der Waals surface area contributed by atoms with Gasteiger partial charge in [-0.25, -0.2) is 4.98 Å². The minimum Gasteiger partial charge on any atom is -0.496 e. The molecule has 0 saturated carbocycles. The molecule has 2 atom stereocenters. The smallest absolute Gasteiger partial charge is 0.141 e. The third-order valence-corrected chi connectivity index (χ3v) is 6.21. The second kappa shape index (κ2) is 7.86. The number of hydrogen-bond donors (Lipinski definition) is 2. The van der Waals surface area contributed by atoms with Crippen LogP contribution >= 0.6 is 0 Å². The van der Waals surface area contributed by atoms with Crippen LogP contribution in [0.3, 0.4) is 0 Å². The fourth-order valence-electron chi connectivity index (χ4n) is 4.54. The highest BCUT2D eigenvalue weighted by atomic mass is 16.5. The van der Waals surface area contributed by atoms with E-state index in [1.165, 1.54) is 0 Å². The topological polar surface area (TPSA) is 79.9 Å². The highest BCUT2D eigenvalue weighted by molar-refractivity contribution is 5.77. The third-order valence-electron chi connectivity index (χ3n) is 6.21. The zero-order valence-corrected chi connectivity index (χ0v) is 18.3. The van der Waals surface area contributed by atoms with E-state index >= 15 is 0 Å². The molecular formula is C23H28N6O2. The summed E-state index contributed by atoms with van der Waals surface area (Å²) in [4.78, 5) is 6.92. The highest BCUT2D eigenvalue weighted by Crippen LogP contribution is 2.36. The Morgan fingerprint density at radius 1 is 1.32 bits per heavy atom. The van der Waals surface area contributed by atoms with Gasteiger partial charge >= 0.3 is 0 Å². The number of likely N-dealkylation sites (N-methyl/N-ethyl adjacent to an activating group) is 1. The lowest BCUT2D eigenvalue weighted by Gasteiger charge is -2.34. The van der Waals surface area contributed by atoms with Crippen molar-refractivity contribution in [2.45, 2.75) is 32.5 Å². The Morgan fingerprint density at radius 2 is 2.19 bits per heavy atom. The summed E-state index contributed by atoms with van der Waals surface area (Å²) in [5.74, 6) is 1.52. The molecule has 3 aromatic rings. The Hall–Kier alpha value is -3.10. The number of hydrogen-bond acceptors (Lipinski definition) is 7. The second-order valence-corrected chi connectivity index (χ2v) is 8.18. The molecule has 31 heavy (non-hydrogen) atoms. The summed E-state index contributed by atoms with van der Waals surface area (Å²) >= 11 is 0. The first-order valence-corrected chi connectivity index (χ1v) is 10.6. The number of imidazole rings is 1. The molecule has 0 spiro atoms. The van der Waals surface area contributed by atoms with E-state index in [9.17, 15) is 0 Å². The second-order valence-electron chi connectivity index (χ2n) is 8.18. The van der Waals surface area contributed by atoms with Crippen molar-refractivity contribution in [3.8, 4) is 16.9 Å². The van der Waals surface area contributed by atoms with Crippen LogP contribution in [0.1, 0.15) is 23.6 Å². The van der Waals surface area contributed by atoms with E-state index in [1.54, 1.807) is 7.11 Å². The minimum absolute atomic E-state index is 0.135. The summed E-state index contributed by atoms with van der Waals surface area (Å²) in [6.45, 7) is 5.94. The number of aromatic nitrogens is 3. The van der Waals surface area contributed by atoms with Crippen LogP contribution in [0.15, 0.2) is 41.2 Å². The number of aryl methyl sites for hydroxylation is 2. The van der Waals surface area contributed by atoms with E-state index in [1.807, 2.05) is 26.1 Å². The monoisotopic (exact) mass is 420 g/mol. The molecule has 2 aliphatic heterocycles. The molecule has 0 bridgehead atoms. The molecule has 2 N–H and O–H groups in total. The van der Waals surface area contributed by atoms with Crippen molar-refractivity contribution >= 4 is 11.3 Å². The van der Waals surface area contributed by atoms with Crippen molar-refractivity contribution < 1.29 is 9.26 Å². The fourth-order valence-corrected chi connectivity index (χ4v) is 4.54. The number of allylic oxidation sites excluding steroid dienone is 2. The Bertz CT molecular complexity index is 1150. The summed E-state index contributed by atoms with van der Waals surface area (Å²) in [7, 11) is 3.79. The van der Waals surface area contributed by atoms with Crippen LogP contribution in [-0.4, -0.2) is 58.9 Å². The maximum Gasteiger partial charge on any atom is 0.141 e. The van der Waals surface area contributed by atoms with E-state index in [0.29, 0.717) is 6.04 Å². The highest BCUT2D eigenvalue weighted by Gasteiger charge is 2.25. The van der Waals surface area contributed by atoms with Gasteiger partial charge < -0.3 is 19.5 Å². The Labute approximate surface area is 181 Å². The normalized spacial score (nSPS) is 21.2. The van der Waals surface area contributed by atoms with E-state index < -0.39 is 0 Å². The Kier molecular flexibility index (Phi) is 5.03. The number of rotatable bonds is 5. The van der Waals surface area contributed by atoms with Crippen molar-refractivity contribution in [1.82, 2.24) is 30.1 Å². The van der Waals surface area contributed by atoms with Crippen molar-refractivity contribution in [2.75, 3.05) is 27.2 Å². The van der Waals surface area contributed by atoms with Gasteiger partial charge in [-0.3, -0.25) is 9.72 Å². The molecule has 5 rings (SSSR count). The van der Waals surface area contributed by atoms with Gasteiger partial charge in [-0.15, -0.1) is 0 Å². The molecule has 8 nitrogen and oxygen atoms in total. The number of pyridine rings is 1. The predicted molar refractivity (Wildman–Crippen MR) is 120 cm³/mol. The number of nitrogens with zero attached hydrogens (tertiary/aromatic N) is 4. The summed E-state index contributed by atoms with van der Waals surface area (Å²) in [5.41, 5.74) is 5.69. The number of ether oxygens (including phenoxy) is 1. The van der Waals surface area contributed by atoms with Crippen LogP contribution in [0.2, 0.25) is 0 Å². The third kappa shape index (κ3) is 3.41. The van der Waals surface area contributed by atoms with Gasteiger partial charge in [0.2, 0.25) is 0 Å². The van der Waals surface area contributed by atoms with Gasteiger partial charge in [0.15, 0.2) is 0 Å². The molecule has 2 aliphatic rings. The van der Waals surface area contributed by atoms with Gasteiger partial charge in [0.05, 0.1) is 42.1 Å². The van der Waals surface area contributed by atoms with Gasteiger partial charge in [0, 0.05) is 37.5 Å². The van der Waals surface area contributed by atoms with Crippen molar-refractivity contribution in [1.29, 1.82) is 0 Å². The van der Waals surface area contributed by atoms with E-state index in [2.05, 4.69) is 61.5 Å². The number of methoxy groups -OCH3 is 1. The molecule has 0 aliphatic carbocycles. The van der Waals surface area contributed by atoms with Crippen LogP contribution in [0, 0.1) is 13.8 Å². The van der Waals surface area contributed by atoms with E-state index in [4.69, 9.17) is 9.26 Å². The molecule has 5 heterocycles. The molecular weight excluding hydrogens is 392 g/mol. The van der Waals surface area contributed by atoms with Crippen molar-refractivity contribution in [2.24, 2.45) is 0 Å². The largest absolute Gasteiger partial charge is 0.496 e. The maximum absolute atomic E-state index is 5.68. The maximum atomic E-state index is 5.68. The molecule has 1 fully saturated rings. The average molecular weight is 421 g/mol. The average Bonchev–Trinajstić information content (AvgIpc) is 3.49. The molecule has 0 amide bonds. The predicted octanol–water partition coefficient (Wildman–Crippen LogP) is 2.73. The standard InChI is InChI=1S/C23H28N6O2/c1-14-23(15(2)31-27-14)17-13-29-19(12-25-22(29)10-20(17)30-4)18-6-5-7-21(28(18)3)26-16-8-9-24-11-16/h5-7,10,12-13,16,21,24,26H,8-9,11H2,1-4H3. The number of fused-ring (bicyclic) bond motifs is 1. The summed E-state index contributed by atoms with van der Waals surface area (Å²) in [6.07, 6.45) is 11.7. The first-order valence-electron chi connectivity index (χ1n) is 10.6. The lowest BCUT2D eigenvalue weighted by Crippen LogP contribution is -2.47. The lowest BCUT2D eigenvalue weighted by molar-refractivity contribution is 0.312. The summed E-state index contributed by atoms with van der Waals surface area (Å²) in [6, 6.07) is 2.44. The molecule has 8 heteroatoms. The van der Waals surface area contributed by atoms with Gasteiger partial charge in [0.1, 0.15) is 17.2 Å². The first kappa shape index (κ1) is 19.8. The van der Waals surface area contributed by atoms with Gasteiger partial charge in [-0.1, -0.05) is 11.2 Å². The first-order chi connectivity index (χ1) is 15.1. The molecule has 0 aromatic carbocycles. The molecule has 2 unspecified atom stereocenters. The quantitative estimate of drug-likeness (QED) is 0.657. The van der Waals surface area contributed by atoms with E-state index in [0.717, 1.165) is 64.9 Å². The lowest BCUT2D eigenvalue weighted by atomic mass is 10.1. The molecule has 3 aromatic heterocycles. The molecule has 0 radical (unpaired) electrons.